The fourth-order valence-corrected chi connectivity index (χ4v) is 6.55. The maximum absolute atomic E-state index is 13.1. The summed E-state index contributed by atoms with van der Waals surface area (Å²) in [4.78, 5) is 26.4. The molecule has 1 N–H and O–H groups in total. The number of carbonyl (C=O) groups is 2. The number of esters is 1. The zero-order valence-electron chi connectivity index (χ0n) is 19.6. The summed E-state index contributed by atoms with van der Waals surface area (Å²) in [5.41, 5.74) is 1.50. The molecule has 1 fully saturated rings. The number of hydrogen-bond acceptors (Lipinski definition) is 7. The number of benzene rings is 2. The van der Waals surface area contributed by atoms with Crippen LogP contribution in [0.15, 0.2) is 65.6 Å². The molecule has 1 aliphatic rings. The molecule has 2 unspecified atom stereocenters. The van der Waals surface area contributed by atoms with Gasteiger partial charge in [-0.3, -0.25) is 4.79 Å². The molecule has 1 saturated heterocycles. The molecule has 1 aliphatic heterocycles. The number of ether oxygens (including phenoxy) is 2. The highest BCUT2D eigenvalue weighted by Crippen LogP contribution is 2.35. The Morgan fingerprint density at radius 1 is 1.03 bits per heavy atom. The minimum absolute atomic E-state index is 0.104. The first-order valence-corrected chi connectivity index (χ1v) is 13.3. The fourth-order valence-electron chi connectivity index (χ4n) is 3.92. The van der Waals surface area contributed by atoms with E-state index in [0.717, 1.165) is 10.4 Å². The normalized spacial score (nSPS) is 18.7. The van der Waals surface area contributed by atoms with Crippen molar-refractivity contribution in [2.24, 2.45) is 0 Å². The standard InChI is InChI=1S/C25H26N2O6S2/c1-16-14-27(15-17(2)33-16)35(30,31)20-11-9-19(10-12-20)24(28)26-21-13-22(18-7-5-4-6-8-18)34-23(21)25(29)32-3/h4-13,16-17H,14-15H2,1-3H3,(H,26,28). The molecule has 0 bridgehead atoms. The van der Waals surface area contributed by atoms with Crippen LogP contribution in [0.5, 0.6) is 0 Å². The van der Waals surface area contributed by atoms with Crippen LogP contribution in [-0.4, -0.2) is 57.0 Å². The van der Waals surface area contributed by atoms with Gasteiger partial charge in [0, 0.05) is 23.5 Å². The third kappa shape index (κ3) is 5.46. The van der Waals surface area contributed by atoms with Gasteiger partial charge in [0.25, 0.3) is 5.91 Å². The molecule has 4 rings (SSSR count). The maximum atomic E-state index is 13.1. The third-order valence-corrected chi connectivity index (χ3v) is 8.56. The van der Waals surface area contributed by atoms with E-state index in [4.69, 9.17) is 9.47 Å². The van der Waals surface area contributed by atoms with Crippen molar-refractivity contribution in [1.29, 1.82) is 0 Å². The van der Waals surface area contributed by atoms with Gasteiger partial charge in [0.1, 0.15) is 4.88 Å². The Balaban J connectivity index is 1.55. The summed E-state index contributed by atoms with van der Waals surface area (Å²) in [6.45, 7) is 4.21. The van der Waals surface area contributed by atoms with E-state index in [2.05, 4.69) is 5.32 Å². The Morgan fingerprint density at radius 2 is 1.66 bits per heavy atom. The number of thiophene rings is 1. The first-order valence-electron chi connectivity index (χ1n) is 11.0. The third-order valence-electron chi connectivity index (χ3n) is 5.55. The highest BCUT2D eigenvalue weighted by atomic mass is 32.2. The van der Waals surface area contributed by atoms with E-state index in [0.29, 0.717) is 5.69 Å². The number of nitrogens with one attached hydrogen (secondary N) is 1. The number of hydrogen-bond donors (Lipinski definition) is 1. The second-order valence-electron chi connectivity index (χ2n) is 8.27. The second-order valence-corrected chi connectivity index (χ2v) is 11.3. The molecule has 0 spiro atoms. The highest BCUT2D eigenvalue weighted by molar-refractivity contribution is 7.89. The quantitative estimate of drug-likeness (QED) is 0.494. The molecule has 2 aromatic carbocycles. The van der Waals surface area contributed by atoms with Crippen molar-refractivity contribution in [3.8, 4) is 10.4 Å². The average molecular weight is 515 g/mol. The van der Waals surface area contributed by atoms with Gasteiger partial charge in [-0.25, -0.2) is 13.2 Å². The lowest BCUT2D eigenvalue weighted by Crippen LogP contribution is -2.48. The Hall–Kier alpha value is -3.05. The van der Waals surface area contributed by atoms with Crippen LogP contribution < -0.4 is 5.32 Å². The van der Waals surface area contributed by atoms with Crippen LogP contribution in [0.3, 0.4) is 0 Å². The molecule has 0 saturated carbocycles. The van der Waals surface area contributed by atoms with Crippen molar-refractivity contribution in [2.75, 3.05) is 25.5 Å². The van der Waals surface area contributed by atoms with Crippen molar-refractivity contribution in [3.05, 3.63) is 71.1 Å². The topological polar surface area (TPSA) is 102 Å². The Labute approximate surface area is 208 Å². The average Bonchev–Trinajstić information content (AvgIpc) is 3.27. The van der Waals surface area contributed by atoms with Crippen LogP contribution in [0.25, 0.3) is 10.4 Å². The van der Waals surface area contributed by atoms with Gasteiger partial charge in [-0.15, -0.1) is 11.3 Å². The second kappa shape index (κ2) is 10.3. The first-order chi connectivity index (χ1) is 16.7. The molecule has 0 aliphatic carbocycles. The van der Waals surface area contributed by atoms with Crippen molar-refractivity contribution in [2.45, 2.75) is 31.0 Å². The summed E-state index contributed by atoms with van der Waals surface area (Å²) < 4.78 is 38.0. The van der Waals surface area contributed by atoms with Crippen LogP contribution in [0, 0.1) is 0 Å². The number of methoxy groups -OCH3 is 1. The molecule has 10 heteroatoms. The predicted octanol–water partition coefficient (Wildman–Crippen LogP) is 4.25. The summed E-state index contributed by atoms with van der Waals surface area (Å²) in [5, 5.41) is 2.76. The lowest BCUT2D eigenvalue weighted by molar-refractivity contribution is -0.0440. The number of nitrogens with zero attached hydrogens (tertiary/aromatic N) is 1. The summed E-state index contributed by atoms with van der Waals surface area (Å²) in [5.74, 6) is -1.02. The SMILES string of the molecule is COC(=O)c1sc(-c2ccccc2)cc1NC(=O)c1ccc(S(=O)(=O)N2CC(C)OC(C)C2)cc1. The van der Waals surface area contributed by atoms with Crippen molar-refractivity contribution in [1.82, 2.24) is 4.31 Å². The molecular weight excluding hydrogens is 488 g/mol. The summed E-state index contributed by atoms with van der Waals surface area (Å²) in [6.07, 6.45) is -0.400. The molecule has 184 valence electrons. The van der Waals surface area contributed by atoms with Crippen molar-refractivity contribution in [3.63, 3.8) is 0 Å². The van der Waals surface area contributed by atoms with E-state index >= 15 is 0 Å². The molecule has 35 heavy (non-hydrogen) atoms. The zero-order valence-corrected chi connectivity index (χ0v) is 21.2. The van der Waals surface area contributed by atoms with E-state index < -0.39 is 21.9 Å². The van der Waals surface area contributed by atoms with Crippen molar-refractivity contribution < 1.29 is 27.5 Å². The van der Waals surface area contributed by atoms with Crippen LogP contribution in [-0.2, 0) is 19.5 Å². The number of sulfonamides is 1. The summed E-state index contributed by atoms with van der Waals surface area (Å²) >= 11 is 1.22. The van der Waals surface area contributed by atoms with Gasteiger partial charge >= 0.3 is 5.97 Å². The zero-order chi connectivity index (χ0) is 25.2. The number of carbonyl (C=O) groups excluding carboxylic acids is 2. The monoisotopic (exact) mass is 514 g/mol. The molecule has 2 atom stereocenters. The molecule has 1 aromatic heterocycles. The van der Waals surface area contributed by atoms with Crippen LogP contribution >= 0.6 is 11.3 Å². The Bertz CT molecular complexity index is 1310. The number of morpholine rings is 1. The molecule has 2 heterocycles. The summed E-state index contributed by atoms with van der Waals surface area (Å²) in [6, 6.07) is 17.0. The van der Waals surface area contributed by atoms with E-state index in [1.54, 1.807) is 6.07 Å². The molecular formula is C25H26N2O6S2. The maximum Gasteiger partial charge on any atom is 0.350 e. The fraction of sp³-hybridized carbons (Fsp3) is 0.280. The van der Waals surface area contributed by atoms with Crippen LogP contribution in [0.2, 0.25) is 0 Å². The van der Waals surface area contributed by atoms with E-state index in [1.165, 1.54) is 47.0 Å². The van der Waals surface area contributed by atoms with Gasteiger partial charge in [-0.2, -0.15) is 4.31 Å². The van der Waals surface area contributed by atoms with Gasteiger partial charge in [0.05, 0.1) is 29.9 Å². The van der Waals surface area contributed by atoms with Gasteiger partial charge in [-0.05, 0) is 49.7 Å². The van der Waals surface area contributed by atoms with Gasteiger partial charge < -0.3 is 14.8 Å². The largest absolute Gasteiger partial charge is 0.465 e. The lowest BCUT2D eigenvalue weighted by Gasteiger charge is -2.34. The van der Waals surface area contributed by atoms with E-state index in [9.17, 15) is 18.0 Å². The summed E-state index contributed by atoms with van der Waals surface area (Å²) in [7, 11) is -2.43. The van der Waals surface area contributed by atoms with Gasteiger partial charge in [0.2, 0.25) is 10.0 Å². The lowest BCUT2D eigenvalue weighted by atomic mass is 10.2. The Morgan fingerprint density at radius 3 is 2.26 bits per heavy atom. The highest BCUT2D eigenvalue weighted by Gasteiger charge is 2.32. The van der Waals surface area contributed by atoms with E-state index in [1.807, 2.05) is 44.2 Å². The van der Waals surface area contributed by atoms with Gasteiger partial charge in [-0.1, -0.05) is 30.3 Å². The Kier molecular flexibility index (Phi) is 7.36. The first kappa shape index (κ1) is 25.1. The smallest absolute Gasteiger partial charge is 0.350 e. The van der Waals surface area contributed by atoms with Crippen molar-refractivity contribution >= 4 is 38.9 Å². The van der Waals surface area contributed by atoms with Crippen LogP contribution in [0.4, 0.5) is 5.69 Å². The molecule has 3 aromatic rings. The predicted molar refractivity (Wildman–Crippen MR) is 134 cm³/mol. The molecule has 8 nitrogen and oxygen atoms in total. The van der Waals surface area contributed by atoms with Gasteiger partial charge in [0.15, 0.2) is 0 Å². The molecule has 0 radical (unpaired) electrons. The minimum Gasteiger partial charge on any atom is -0.465 e. The number of anilines is 1. The number of rotatable bonds is 6. The van der Waals surface area contributed by atoms with Crippen LogP contribution in [0.1, 0.15) is 33.9 Å². The molecule has 1 amide bonds. The minimum atomic E-state index is -3.72. The number of amides is 1. The van der Waals surface area contributed by atoms with E-state index in [-0.39, 0.29) is 40.6 Å².